The second-order valence-corrected chi connectivity index (χ2v) is 9.62. The molecule has 2 fully saturated rings. The van der Waals surface area contributed by atoms with Gasteiger partial charge in [0.25, 0.3) is 5.91 Å². The predicted octanol–water partition coefficient (Wildman–Crippen LogP) is 3.45. The van der Waals surface area contributed by atoms with E-state index in [0.29, 0.717) is 63.7 Å². The molecular formula is C28H37Cl2N5O4. The van der Waals surface area contributed by atoms with E-state index in [2.05, 4.69) is 12.2 Å². The van der Waals surface area contributed by atoms with E-state index in [1.165, 1.54) is 0 Å². The highest BCUT2D eigenvalue weighted by molar-refractivity contribution is 5.94. The molecule has 212 valence electrons. The maximum Gasteiger partial charge on any atom is 0.274 e. The van der Waals surface area contributed by atoms with E-state index in [1.54, 1.807) is 0 Å². The second kappa shape index (κ2) is 14.5. The molecule has 2 atom stereocenters. The maximum absolute atomic E-state index is 14.1. The number of hydrogen-bond acceptors (Lipinski definition) is 6. The maximum atomic E-state index is 14.1. The Morgan fingerprint density at radius 1 is 1.08 bits per heavy atom. The van der Waals surface area contributed by atoms with Crippen molar-refractivity contribution in [3.05, 3.63) is 66.1 Å². The molecule has 5 rings (SSSR count). The summed E-state index contributed by atoms with van der Waals surface area (Å²) in [6.45, 7) is 6.58. The van der Waals surface area contributed by atoms with Crippen molar-refractivity contribution in [2.45, 2.75) is 32.4 Å². The standard InChI is InChI=1S/C28H35N5O4.2ClH/c1-2-11-32(22-17-21(18-29-19-22)27(34)31-13-15-36-16-14-31)28(35)26-24(20-37-23-8-4-3-5-9-23)33-12-7-6-10-25(33)30-26;;/h3-10,12,21-22,29H,2,11,13-20H2,1H3;2*1H/t21-,22+;;/m1../s1. The zero-order chi connectivity index (χ0) is 25.6. The molecule has 2 amide bonds. The van der Waals surface area contributed by atoms with Crippen LogP contribution in [0.1, 0.15) is 35.9 Å². The van der Waals surface area contributed by atoms with Gasteiger partial charge in [-0.1, -0.05) is 31.2 Å². The lowest BCUT2D eigenvalue weighted by Gasteiger charge is -2.39. The van der Waals surface area contributed by atoms with Crippen molar-refractivity contribution in [1.82, 2.24) is 24.5 Å². The highest BCUT2D eigenvalue weighted by Crippen LogP contribution is 2.24. The second-order valence-electron chi connectivity index (χ2n) is 9.62. The molecule has 2 aliphatic heterocycles. The number of imidazole rings is 1. The third-order valence-corrected chi connectivity index (χ3v) is 7.12. The number of para-hydroxylation sites is 1. The van der Waals surface area contributed by atoms with Crippen LogP contribution in [0.15, 0.2) is 54.7 Å². The Kier molecular flexibility index (Phi) is 11.4. The van der Waals surface area contributed by atoms with Gasteiger partial charge >= 0.3 is 0 Å². The number of morpholine rings is 1. The topological polar surface area (TPSA) is 88.4 Å². The van der Waals surface area contributed by atoms with Gasteiger partial charge in [0.2, 0.25) is 5.91 Å². The van der Waals surface area contributed by atoms with Crippen molar-refractivity contribution in [2.75, 3.05) is 45.9 Å². The molecule has 9 nitrogen and oxygen atoms in total. The summed E-state index contributed by atoms with van der Waals surface area (Å²) in [4.78, 5) is 35.8. The number of aromatic nitrogens is 2. The molecule has 0 bridgehead atoms. The van der Waals surface area contributed by atoms with Crippen LogP contribution in [0.3, 0.4) is 0 Å². The molecule has 3 aromatic rings. The number of nitrogens with one attached hydrogen (secondary N) is 1. The van der Waals surface area contributed by atoms with E-state index in [0.717, 1.165) is 17.9 Å². The molecule has 0 saturated carbocycles. The van der Waals surface area contributed by atoms with Crippen LogP contribution in [0.4, 0.5) is 0 Å². The van der Waals surface area contributed by atoms with Gasteiger partial charge in [-0.05, 0) is 37.1 Å². The number of halogens is 2. The van der Waals surface area contributed by atoms with Crippen LogP contribution in [0.25, 0.3) is 5.65 Å². The lowest BCUT2D eigenvalue weighted by atomic mass is 9.92. The zero-order valence-corrected chi connectivity index (χ0v) is 23.8. The number of amides is 2. The van der Waals surface area contributed by atoms with Crippen molar-refractivity contribution in [1.29, 1.82) is 0 Å². The molecule has 0 aliphatic carbocycles. The van der Waals surface area contributed by atoms with E-state index in [4.69, 9.17) is 14.5 Å². The number of carbonyl (C=O) groups excluding carboxylic acids is 2. The molecule has 2 aromatic heterocycles. The minimum Gasteiger partial charge on any atom is -0.487 e. The number of nitrogens with zero attached hydrogens (tertiary/aromatic N) is 4. The van der Waals surface area contributed by atoms with Gasteiger partial charge in [0.05, 0.1) is 24.8 Å². The molecule has 4 heterocycles. The average molecular weight is 579 g/mol. The summed E-state index contributed by atoms with van der Waals surface area (Å²) >= 11 is 0. The normalized spacial score (nSPS) is 19.1. The first-order valence-electron chi connectivity index (χ1n) is 13.2. The Hall–Kier alpha value is -2.85. The van der Waals surface area contributed by atoms with E-state index < -0.39 is 0 Å². The molecule has 39 heavy (non-hydrogen) atoms. The molecule has 0 radical (unpaired) electrons. The van der Waals surface area contributed by atoms with Crippen LogP contribution < -0.4 is 10.1 Å². The SMILES string of the molecule is CCCN(C(=O)c1nc2ccccn2c1COc1ccccc1)[C@@H]1CNC[C@H](C(=O)N2CCOCC2)C1.Cl.Cl. The van der Waals surface area contributed by atoms with Gasteiger partial charge < -0.3 is 24.6 Å². The number of benzene rings is 1. The highest BCUT2D eigenvalue weighted by Gasteiger charge is 2.36. The Morgan fingerprint density at radius 2 is 1.82 bits per heavy atom. The lowest BCUT2D eigenvalue weighted by Crippen LogP contribution is -2.55. The third-order valence-electron chi connectivity index (χ3n) is 7.12. The fraction of sp³-hybridized carbons (Fsp3) is 0.464. The summed E-state index contributed by atoms with van der Waals surface area (Å²) in [5.74, 6) is 0.599. The fourth-order valence-electron chi connectivity index (χ4n) is 5.24. The number of carbonyl (C=O) groups is 2. The summed E-state index contributed by atoms with van der Waals surface area (Å²) in [5, 5.41) is 3.42. The van der Waals surface area contributed by atoms with E-state index in [1.807, 2.05) is 68.9 Å². The van der Waals surface area contributed by atoms with Crippen molar-refractivity contribution in [2.24, 2.45) is 5.92 Å². The van der Waals surface area contributed by atoms with Gasteiger partial charge in [-0.15, -0.1) is 24.8 Å². The highest BCUT2D eigenvalue weighted by atomic mass is 35.5. The molecular weight excluding hydrogens is 541 g/mol. The first-order valence-corrected chi connectivity index (χ1v) is 13.2. The smallest absolute Gasteiger partial charge is 0.274 e. The summed E-state index contributed by atoms with van der Waals surface area (Å²) < 4.78 is 13.4. The molecule has 1 N–H and O–H groups in total. The van der Waals surface area contributed by atoms with Crippen molar-refractivity contribution >= 4 is 42.3 Å². The molecule has 2 saturated heterocycles. The van der Waals surface area contributed by atoms with Gasteiger partial charge in [-0.25, -0.2) is 4.98 Å². The zero-order valence-electron chi connectivity index (χ0n) is 22.2. The minimum absolute atomic E-state index is 0. The Balaban J connectivity index is 0.00000210. The molecule has 1 aromatic carbocycles. The van der Waals surface area contributed by atoms with Crippen LogP contribution >= 0.6 is 24.8 Å². The first kappa shape index (κ1) is 30.7. The molecule has 2 aliphatic rings. The molecule has 11 heteroatoms. The van der Waals surface area contributed by atoms with E-state index in [9.17, 15) is 9.59 Å². The summed E-state index contributed by atoms with van der Waals surface area (Å²) in [6, 6.07) is 15.2. The average Bonchev–Trinajstić information content (AvgIpc) is 3.33. The van der Waals surface area contributed by atoms with Gasteiger partial charge in [-0.3, -0.25) is 14.0 Å². The van der Waals surface area contributed by atoms with Crippen molar-refractivity contribution in [3.8, 4) is 5.75 Å². The van der Waals surface area contributed by atoms with E-state index in [-0.39, 0.29) is 55.2 Å². The minimum atomic E-state index is -0.161. The van der Waals surface area contributed by atoms with Crippen LogP contribution in [0.2, 0.25) is 0 Å². The summed E-state index contributed by atoms with van der Waals surface area (Å²) in [7, 11) is 0. The van der Waals surface area contributed by atoms with Crippen molar-refractivity contribution < 1.29 is 19.1 Å². The van der Waals surface area contributed by atoms with Gasteiger partial charge in [-0.2, -0.15) is 0 Å². The predicted molar refractivity (Wildman–Crippen MR) is 154 cm³/mol. The quantitative estimate of drug-likeness (QED) is 0.441. The number of rotatable bonds is 8. The number of ether oxygens (including phenoxy) is 2. The summed E-state index contributed by atoms with van der Waals surface area (Å²) in [6.07, 6.45) is 3.36. The Bertz CT molecular complexity index is 1220. The van der Waals surface area contributed by atoms with Crippen LogP contribution in [0.5, 0.6) is 5.75 Å². The van der Waals surface area contributed by atoms with Crippen LogP contribution in [0, 0.1) is 5.92 Å². The summed E-state index contributed by atoms with van der Waals surface area (Å²) in [5.41, 5.74) is 1.82. The first-order chi connectivity index (χ1) is 18.2. The van der Waals surface area contributed by atoms with Gasteiger partial charge in [0, 0.05) is 45.0 Å². The fourth-order valence-corrected chi connectivity index (χ4v) is 5.24. The lowest BCUT2D eigenvalue weighted by molar-refractivity contribution is -0.140. The molecule has 0 unspecified atom stereocenters. The number of hydrogen-bond donors (Lipinski definition) is 1. The number of pyridine rings is 1. The third kappa shape index (κ3) is 7.03. The Morgan fingerprint density at radius 3 is 2.56 bits per heavy atom. The Labute approximate surface area is 241 Å². The van der Waals surface area contributed by atoms with Crippen LogP contribution in [-0.4, -0.2) is 83.0 Å². The largest absolute Gasteiger partial charge is 0.487 e. The van der Waals surface area contributed by atoms with Crippen molar-refractivity contribution in [3.63, 3.8) is 0 Å². The van der Waals surface area contributed by atoms with Gasteiger partial charge in [0.1, 0.15) is 18.0 Å². The van der Waals surface area contributed by atoms with Gasteiger partial charge in [0.15, 0.2) is 5.69 Å². The monoisotopic (exact) mass is 577 g/mol. The van der Waals surface area contributed by atoms with Crippen LogP contribution in [-0.2, 0) is 16.1 Å². The number of piperidine rings is 1. The number of fused-ring (bicyclic) bond motifs is 1. The molecule has 0 spiro atoms. The van der Waals surface area contributed by atoms with E-state index >= 15 is 0 Å².